The van der Waals surface area contributed by atoms with E-state index in [4.69, 9.17) is 23.2 Å². The van der Waals surface area contributed by atoms with Crippen molar-refractivity contribution in [1.82, 2.24) is 4.90 Å². The molecule has 0 saturated carbocycles. The maximum absolute atomic E-state index is 12.6. The molecule has 0 spiro atoms. The fraction of sp³-hybridized carbons (Fsp3) is 0.278. The number of benzene rings is 2. The molecule has 2 aromatic rings. The van der Waals surface area contributed by atoms with Gasteiger partial charge in [-0.2, -0.15) is 0 Å². The maximum Gasteiger partial charge on any atom is 0.253 e. The van der Waals surface area contributed by atoms with Crippen LogP contribution in [0.5, 0.6) is 0 Å². The molecule has 0 aromatic heterocycles. The van der Waals surface area contributed by atoms with Gasteiger partial charge in [0.25, 0.3) is 5.91 Å². The Morgan fingerprint density at radius 1 is 1.09 bits per heavy atom. The van der Waals surface area contributed by atoms with Crippen LogP contribution in [-0.4, -0.2) is 29.0 Å². The number of amides is 1. The highest BCUT2D eigenvalue weighted by Gasteiger charge is 2.37. The summed E-state index contributed by atoms with van der Waals surface area (Å²) in [5.41, 5.74) is 0.222. The highest BCUT2D eigenvalue weighted by molar-refractivity contribution is 6.42. The fourth-order valence-corrected chi connectivity index (χ4v) is 3.29. The van der Waals surface area contributed by atoms with Crippen LogP contribution in [0.25, 0.3) is 0 Å². The van der Waals surface area contributed by atoms with Crippen molar-refractivity contribution in [3.05, 3.63) is 69.7 Å². The molecule has 0 radical (unpaired) electrons. The van der Waals surface area contributed by atoms with E-state index in [1.165, 1.54) is 0 Å². The van der Waals surface area contributed by atoms with E-state index >= 15 is 0 Å². The average Bonchev–Trinajstić information content (AvgIpc) is 2.57. The molecule has 3 nitrogen and oxygen atoms in total. The lowest BCUT2D eigenvalue weighted by Gasteiger charge is -2.39. The van der Waals surface area contributed by atoms with E-state index < -0.39 is 5.60 Å². The first-order chi connectivity index (χ1) is 11.0. The zero-order valence-corrected chi connectivity index (χ0v) is 14.0. The van der Waals surface area contributed by atoms with Crippen molar-refractivity contribution in [2.75, 3.05) is 13.1 Å². The molecule has 0 bridgehead atoms. The fourth-order valence-electron chi connectivity index (χ4n) is 2.99. The molecule has 120 valence electrons. The molecule has 0 aliphatic carbocycles. The van der Waals surface area contributed by atoms with Gasteiger partial charge in [-0.3, -0.25) is 4.79 Å². The van der Waals surface area contributed by atoms with Crippen molar-refractivity contribution in [2.24, 2.45) is 0 Å². The van der Waals surface area contributed by atoms with Gasteiger partial charge in [0.1, 0.15) is 5.60 Å². The number of likely N-dealkylation sites (tertiary alicyclic amines) is 1. The van der Waals surface area contributed by atoms with Gasteiger partial charge in [0.05, 0.1) is 16.6 Å². The van der Waals surface area contributed by atoms with Gasteiger partial charge >= 0.3 is 0 Å². The zero-order chi connectivity index (χ0) is 16.4. The second kappa shape index (κ2) is 6.52. The van der Waals surface area contributed by atoms with Gasteiger partial charge in [0, 0.05) is 12.1 Å². The van der Waals surface area contributed by atoms with Crippen LogP contribution in [-0.2, 0) is 5.60 Å². The van der Waals surface area contributed by atoms with E-state index in [9.17, 15) is 9.90 Å². The normalized spacial score (nSPS) is 21.3. The van der Waals surface area contributed by atoms with E-state index in [1.807, 2.05) is 18.2 Å². The standard InChI is InChI=1S/C18H17Cl2NO2/c19-15-8-7-14(11-16(15)20)18(23)9-4-10-21(12-18)17(22)13-5-2-1-3-6-13/h1-3,5-8,11,23H,4,9-10,12H2. The molecule has 1 saturated heterocycles. The molecule has 3 rings (SSSR count). The summed E-state index contributed by atoms with van der Waals surface area (Å²) in [5, 5.41) is 11.9. The largest absolute Gasteiger partial charge is 0.383 e. The molecule has 23 heavy (non-hydrogen) atoms. The second-order valence-corrected chi connectivity index (χ2v) is 6.67. The van der Waals surface area contributed by atoms with Crippen molar-refractivity contribution in [3.63, 3.8) is 0 Å². The van der Waals surface area contributed by atoms with E-state index in [2.05, 4.69) is 0 Å². The van der Waals surface area contributed by atoms with Crippen molar-refractivity contribution >= 4 is 29.1 Å². The van der Waals surface area contributed by atoms with Gasteiger partial charge < -0.3 is 10.0 Å². The monoisotopic (exact) mass is 349 g/mol. The molecule has 5 heteroatoms. The van der Waals surface area contributed by atoms with Gasteiger partial charge in [-0.1, -0.05) is 47.5 Å². The second-order valence-electron chi connectivity index (χ2n) is 5.86. The molecule has 1 heterocycles. The molecule has 1 amide bonds. The summed E-state index contributed by atoms with van der Waals surface area (Å²) >= 11 is 12.0. The Bertz CT molecular complexity index is 720. The molecular formula is C18H17Cl2NO2. The summed E-state index contributed by atoms with van der Waals surface area (Å²) < 4.78 is 0. The van der Waals surface area contributed by atoms with E-state index in [-0.39, 0.29) is 12.5 Å². The molecule has 1 aliphatic rings. The minimum Gasteiger partial charge on any atom is -0.383 e. The van der Waals surface area contributed by atoms with Crippen molar-refractivity contribution < 1.29 is 9.90 Å². The maximum atomic E-state index is 12.6. The van der Waals surface area contributed by atoms with E-state index in [0.717, 1.165) is 6.42 Å². The van der Waals surface area contributed by atoms with Crippen LogP contribution < -0.4 is 0 Å². The number of halogens is 2. The number of β-amino-alcohol motifs (C(OH)–C–C–N with tert-alkyl or cyclic N) is 1. The van der Waals surface area contributed by atoms with E-state index in [0.29, 0.717) is 34.1 Å². The predicted octanol–water partition coefficient (Wildman–Crippen LogP) is 4.12. The van der Waals surface area contributed by atoms with Crippen LogP contribution in [0.4, 0.5) is 0 Å². The minimum atomic E-state index is -1.10. The molecule has 1 unspecified atom stereocenters. The number of carbonyl (C=O) groups is 1. The third kappa shape index (κ3) is 3.37. The Kier molecular flexibility index (Phi) is 4.62. The Labute approximate surface area is 145 Å². The SMILES string of the molecule is O=C(c1ccccc1)N1CCCC(O)(c2ccc(Cl)c(Cl)c2)C1. The van der Waals surface area contributed by atoms with Crippen molar-refractivity contribution in [3.8, 4) is 0 Å². The summed E-state index contributed by atoms with van der Waals surface area (Å²) in [4.78, 5) is 14.3. The van der Waals surface area contributed by atoms with Crippen molar-refractivity contribution in [1.29, 1.82) is 0 Å². The number of rotatable bonds is 2. The molecule has 2 aromatic carbocycles. The number of nitrogens with zero attached hydrogens (tertiary/aromatic N) is 1. The van der Waals surface area contributed by atoms with Gasteiger partial charge in [-0.05, 0) is 42.7 Å². The summed E-state index contributed by atoms with van der Waals surface area (Å²) in [6, 6.07) is 14.2. The highest BCUT2D eigenvalue weighted by Crippen LogP contribution is 2.35. The summed E-state index contributed by atoms with van der Waals surface area (Å²) in [5.74, 6) is -0.0659. The predicted molar refractivity (Wildman–Crippen MR) is 91.9 cm³/mol. The molecule has 1 fully saturated rings. The Hall–Kier alpha value is -1.55. The number of carbonyl (C=O) groups excluding carboxylic acids is 1. The summed E-state index contributed by atoms with van der Waals surface area (Å²) in [7, 11) is 0. The van der Waals surface area contributed by atoms with Gasteiger partial charge in [0.15, 0.2) is 0 Å². The van der Waals surface area contributed by atoms with Crippen LogP contribution in [0.3, 0.4) is 0 Å². The van der Waals surface area contributed by atoms with Gasteiger partial charge in [0.2, 0.25) is 0 Å². The number of aliphatic hydroxyl groups is 1. The summed E-state index contributed by atoms with van der Waals surface area (Å²) in [6.07, 6.45) is 1.32. The third-order valence-electron chi connectivity index (χ3n) is 4.24. The van der Waals surface area contributed by atoms with E-state index in [1.54, 1.807) is 35.2 Å². The van der Waals surface area contributed by atoms with Gasteiger partial charge in [-0.15, -0.1) is 0 Å². The number of hydrogen-bond donors (Lipinski definition) is 1. The zero-order valence-electron chi connectivity index (χ0n) is 12.5. The summed E-state index contributed by atoms with van der Waals surface area (Å²) in [6.45, 7) is 0.885. The van der Waals surface area contributed by atoms with Crippen LogP contribution in [0.1, 0.15) is 28.8 Å². The van der Waals surface area contributed by atoms with Gasteiger partial charge in [-0.25, -0.2) is 0 Å². The quantitative estimate of drug-likeness (QED) is 0.885. The third-order valence-corrected chi connectivity index (χ3v) is 4.97. The first-order valence-corrected chi connectivity index (χ1v) is 8.27. The highest BCUT2D eigenvalue weighted by atomic mass is 35.5. The molecule has 1 N–H and O–H groups in total. The molecule has 1 aliphatic heterocycles. The molecule has 1 atom stereocenters. The number of hydrogen-bond acceptors (Lipinski definition) is 2. The topological polar surface area (TPSA) is 40.5 Å². The Balaban J connectivity index is 1.84. The molecular weight excluding hydrogens is 333 g/mol. The minimum absolute atomic E-state index is 0.0659. The lowest BCUT2D eigenvalue weighted by molar-refractivity contribution is -0.0289. The van der Waals surface area contributed by atoms with Crippen molar-refractivity contribution in [2.45, 2.75) is 18.4 Å². The van der Waals surface area contributed by atoms with Crippen LogP contribution in [0.2, 0.25) is 10.0 Å². The van der Waals surface area contributed by atoms with Crippen LogP contribution in [0.15, 0.2) is 48.5 Å². The van der Waals surface area contributed by atoms with Crippen LogP contribution >= 0.6 is 23.2 Å². The van der Waals surface area contributed by atoms with Crippen LogP contribution in [0, 0.1) is 0 Å². The number of piperidine rings is 1. The average molecular weight is 350 g/mol. The smallest absolute Gasteiger partial charge is 0.253 e. The first-order valence-electron chi connectivity index (χ1n) is 7.52. The lowest BCUT2D eigenvalue weighted by Crippen LogP contribution is -2.48. The lowest BCUT2D eigenvalue weighted by atomic mass is 9.85. The Morgan fingerprint density at radius 2 is 1.83 bits per heavy atom. The first kappa shape index (κ1) is 16.3. The Morgan fingerprint density at radius 3 is 2.52 bits per heavy atom.